The number of nitrogens with zero attached hydrogens (tertiary/aromatic N) is 3. The fraction of sp³-hybridized carbons (Fsp3) is 0.458. The van der Waals surface area contributed by atoms with E-state index in [1.54, 1.807) is 13.2 Å². The molecule has 0 spiro atoms. The highest BCUT2D eigenvalue weighted by Gasteiger charge is 2.22. The number of aliphatic imine (C=N–C) groups is 1. The number of halogens is 2. The van der Waals surface area contributed by atoms with E-state index in [1.165, 1.54) is 6.07 Å². The van der Waals surface area contributed by atoms with Gasteiger partial charge in [-0.3, -0.25) is 4.99 Å². The molecule has 7 nitrogen and oxygen atoms in total. The van der Waals surface area contributed by atoms with Crippen LogP contribution in [0.25, 0.3) is 0 Å². The second-order valence-electron chi connectivity index (χ2n) is 7.80. The van der Waals surface area contributed by atoms with Crippen molar-refractivity contribution in [1.82, 2.24) is 10.2 Å². The second kappa shape index (κ2) is 12.3. The van der Waals surface area contributed by atoms with Gasteiger partial charge in [0.15, 0.2) is 12.8 Å². The van der Waals surface area contributed by atoms with Crippen LogP contribution in [0.4, 0.5) is 10.1 Å². The van der Waals surface area contributed by atoms with Crippen molar-refractivity contribution in [3.63, 3.8) is 0 Å². The maximum Gasteiger partial charge on any atom is 0.194 e. The van der Waals surface area contributed by atoms with Crippen LogP contribution in [0.5, 0.6) is 11.5 Å². The van der Waals surface area contributed by atoms with Gasteiger partial charge in [0, 0.05) is 44.8 Å². The summed E-state index contributed by atoms with van der Waals surface area (Å²) in [6.07, 6.45) is 0.607. The Balaban J connectivity index is 0.00000306. The zero-order valence-corrected chi connectivity index (χ0v) is 21.5. The van der Waals surface area contributed by atoms with Crippen molar-refractivity contribution in [3.05, 3.63) is 53.3 Å². The number of ether oxygens (including phenoxy) is 3. The van der Waals surface area contributed by atoms with Gasteiger partial charge in [-0.15, -0.1) is 24.0 Å². The van der Waals surface area contributed by atoms with E-state index in [2.05, 4.69) is 28.1 Å². The molecule has 0 unspecified atom stereocenters. The normalized spacial score (nSPS) is 15.9. The van der Waals surface area contributed by atoms with E-state index in [9.17, 15) is 4.39 Å². The lowest BCUT2D eigenvalue weighted by Gasteiger charge is -2.38. The lowest BCUT2D eigenvalue weighted by atomic mass is 10.1. The Kier molecular flexibility index (Phi) is 9.42. The Labute approximate surface area is 211 Å². The standard InChI is InChI=1S/C24H31FN4O3.HI/c1-3-26-24(27-9-8-18-14-20(25)15-19-16-31-17-32-23(18)19)29-12-10-28(11-13-29)21-6-4-5-7-22(21)30-2;/h4-7,14-15H,3,8-13,16-17H2,1-2H3,(H,26,27);1H. The summed E-state index contributed by atoms with van der Waals surface area (Å²) in [5, 5.41) is 3.40. The van der Waals surface area contributed by atoms with E-state index < -0.39 is 0 Å². The van der Waals surface area contributed by atoms with E-state index in [1.807, 2.05) is 18.2 Å². The summed E-state index contributed by atoms with van der Waals surface area (Å²) in [6.45, 7) is 7.48. The van der Waals surface area contributed by atoms with Gasteiger partial charge in [-0.2, -0.15) is 0 Å². The van der Waals surface area contributed by atoms with Crippen molar-refractivity contribution in [2.24, 2.45) is 4.99 Å². The molecule has 33 heavy (non-hydrogen) atoms. The van der Waals surface area contributed by atoms with Crippen LogP contribution in [0, 0.1) is 5.82 Å². The van der Waals surface area contributed by atoms with Gasteiger partial charge in [-0.05, 0) is 43.2 Å². The van der Waals surface area contributed by atoms with Gasteiger partial charge in [0.25, 0.3) is 0 Å². The first kappa shape index (κ1) is 25.4. The van der Waals surface area contributed by atoms with Crippen LogP contribution in [0.1, 0.15) is 18.1 Å². The molecule has 1 fully saturated rings. The van der Waals surface area contributed by atoms with Crippen LogP contribution in [-0.4, -0.2) is 64.0 Å². The van der Waals surface area contributed by atoms with Crippen LogP contribution < -0.4 is 19.7 Å². The molecular formula is C24H32FIN4O3. The number of benzene rings is 2. The topological polar surface area (TPSA) is 58.6 Å². The number of guanidine groups is 1. The molecule has 2 heterocycles. The average Bonchev–Trinajstić information content (AvgIpc) is 2.83. The molecular weight excluding hydrogens is 538 g/mol. The number of rotatable bonds is 6. The number of para-hydroxylation sites is 2. The van der Waals surface area contributed by atoms with Gasteiger partial charge >= 0.3 is 0 Å². The minimum absolute atomic E-state index is 0. The molecule has 1 N–H and O–H groups in total. The Morgan fingerprint density at radius 3 is 2.73 bits per heavy atom. The van der Waals surface area contributed by atoms with E-state index >= 15 is 0 Å². The molecule has 0 saturated carbocycles. The summed E-state index contributed by atoms with van der Waals surface area (Å²) in [6, 6.07) is 11.1. The van der Waals surface area contributed by atoms with E-state index in [0.29, 0.717) is 19.6 Å². The van der Waals surface area contributed by atoms with Crippen molar-refractivity contribution in [2.75, 3.05) is 58.1 Å². The number of hydrogen-bond acceptors (Lipinski definition) is 5. The smallest absolute Gasteiger partial charge is 0.194 e. The SMILES string of the molecule is CCNC(=NCCc1cc(F)cc2c1OCOC2)N1CCN(c2ccccc2OC)CC1.I. The summed E-state index contributed by atoms with van der Waals surface area (Å²) in [5.74, 6) is 2.26. The van der Waals surface area contributed by atoms with E-state index in [4.69, 9.17) is 19.2 Å². The fourth-order valence-corrected chi connectivity index (χ4v) is 4.20. The van der Waals surface area contributed by atoms with Gasteiger partial charge in [0.05, 0.1) is 19.4 Å². The first-order chi connectivity index (χ1) is 15.7. The Hall–Kier alpha value is -2.27. The Morgan fingerprint density at radius 2 is 1.97 bits per heavy atom. The Bertz CT molecular complexity index is 951. The maximum atomic E-state index is 14.0. The highest BCUT2D eigenvalue weighted by atomic mass is 127. The van der Waals surface area contributed by atoms with E-state index in [-0.39, 0.29) is 36.6 Å². The zero-order chi connectivity index (χ0) is 22.3. The molecule has 1 saturated heterocycles. The summed E-state index contributed by atoms with van der Waals surface area (Å²) >= 11 is 0. The molecule has 0 bridgehead atoms. The summed E-state index contributed by atoms with van der Waals surface area (Å²) in [5.41, 5.74) is 2.72. The highest BCUT2D eigenvalue weighted by Crippen LogP contribution is 2.30. The fourth-order valence-electron chi connectivity index (χ4n) is 4.20. The van der Waals surface area contributed by atoms with Crippen molar-refractivity contribution in [1.29, 1.82) is 0 Å². The van der Waals surface area contributed by atoms with Crippen molar-refractivity contribution < 1.29 is 18.6 Å². The van der Waals surface area contributed by atoms with Crippen molar-refractivity contribution in [3.8, 4) is 11.5 Å². The third-order valence-corrected chi connectivity index (χ3v) is 5.73. The minimum Gasteiger partial charge on any atom is -0.495 e. The van der Waals surface area contributed by atoms with Crippen molar-refractivity contribution >= 4 is 35.6 Å². The van der Waals surface area contributed by atoms with Gasteiger partial charge in [-0.1, -0.05) is 12.1 Å². The first-order valence-electron chi connectivity index (χ1n) is 11.1. The minimum atomic E-state index is -0.267. The molecule has 2 aliphatic rings. The van der Waals surface area contributed by atoms with Gasteiger partial charge in [-0.25, -0.2) is 4.39 Å². The second-order valence-corrected chi connectivity index (χ2v) is 7.80. The maximum absolute atomic E-state index is 14.0. The quantitative estimate of drug-likeness (QED) is 0.325. The summed E-state index contributed by atoms with van der Waals surface area (Å²) in [7, 11) is 1.71. The predicted octanol–water partition coefficient (Wildman–Crippen LogP) is 3.65. The van der Waals surface area contributed by atoms with Crippen LogP contribution in [-0.2, 0) is 17.8 Å². The van der Waals surface area contributed by atoms with Crippen LogP contribution in [0.2, 0.25) is 0 Å². The summed E-state index contributed by atoms with van der Waals surface area (Å²) < 4.78 is 30.4. The molecule has 9 heteroatoms. The predicted molar refractivity (Wildman–Crippen MR) is 139 cm³/mol. The van der Waals surface area contributed by atoms with Gasteiger partial charge < -0.3 is 29.3 Å². The number of anilines is 1. The van der Waals surface area contributed by atoms with Crippen molar-refractivity contribution in [2.45, 2.75) is 20.0 Å². The average molecular weight is 570 g/mol. The number of fused-ring (bicyclic) bond motifs is 1. The lowest BCUT2D eigenvalue weighted by molar-refractivity contribution is -0.0172. The molecule has 0 radical (unpaired) electrons. The number of methoxy groups -OCH3 is 1. The van der Waals surface area contributed by atoms with E-state index in [0.717, 1.165) is 67.0 Å². The summed E-state index contributed by atoms with van der Waals surface area (Å²) in [4.78, 5) is 9.44. The molecule has 2 aliphatic heterocycles. The molecule has 0 aliphatic carbocycles. The molecule has 0 aromatic heterocycles. The molecule has 2 aromatic carbocycles. The highest BCUT2D eigenvalue weighted by molar-refractivity contribution is 14.0. The zero-order valence-electron chi connectivity index (χ0n) is 19.2. The monoisotopic (exact) mass is 570 g/mol. The Morgan fingerprint density at radius 1 is 1.18 bits per heavy atom. The largest absolute Gasteiger partial charge is 0.495 e. The molecule has 180 valence electrons. The molecule has 4 rings (SSSR count). The number of piperazine rings is 1. The van der Waals surface area contributed by atoms with Crippen LogP contribution >= 0.6 is 24.0 Å². The first-order valence-corrected chi connectivity index (χ1v) is 11.1. The molecule has 2 aromatic rings. The number of hydrogen-bond donors (Lipinski definition) is 1. The van der Waals surface area contributed by atoms with Crippen LogP contribution in [0.15, 0.2) is 41.4 Å². The number of nitrogens with one attached hydrogen (secondary N) is 1. The van der Waals surface area contributed by atoms with Gasteiger partial charge in [0.1, 0.15) is 17.3 Å². The molecule has 0 amide bonds. The molecule has 0 atom stereocenters. The third kappa shape index (κ3) is 6.20. The third-order valence-electron chi connectivity index (χ3n) is 5.73. The lowest BCUT2D eigenvalue weighted by Crippen LogP contribution is -2.52. The van der Waals surface area contributed by atoms with Crippen LogP contribution in [0.3, 0.4) is 0 Å². The van der Waals surface area contributed by atoms with Gasteiger partial charge in [0.2, 0.25) is 0 Å².